The summed E-state index contributed by atoms with van der Waals surface area (Å²) in [6.45, 7) is 10.6. The molecule has 0 amide bonds. The molecular weight excluding hydrogens is 215 g/mol. The summed E-state index contributed by atoms with van der Waals surface area (Å²) in [5.41, 5.74) is -0.265. The number of hydrogen-bond acceptors (Lipinski definition) is 0. The fourth-order valence-corrected chi connectivity index (χ4v) is 1.51. The number of nitrogens with zero attached hydrogens (tertiary/aromatic N) is 1. The van der Waals surface area contributed by atoms with Crippen molar-refractivity contribution in [3.8, 4) is 0 Å². The molecule has 1 aromatic carbocycles. The Kier molecular flexibility index (Phi) is 3.58. The smallest absolute Gasteiger partial charge is 0.308 e. The molecule has 1 rings (SSSR count). The van der Waals surface area contributed by atoms with Gasteiger partial charge >= 0.3 is 6.18 Å². The summed E-state index contributed by atoms with van der Waals surface area (Å²) >= 11 is 0. The fraction of sp³-hybridized carbons (Fsp3) is 0.417. The van der Waals surface area contributed by atoms with Crippen molar-refractivity contribution in [1.29, 1.82) is 0 Å². The van der Waals surface area contributed by atoms with Gasteiger partial charge in [-0.05, 0) is 12.1 Å². The lowest BCUT2D eigenvalue weighted by molar-refractivity contribution is -0.137. The summed E-state index contributed by atoms with van der Waals surface area (Å²) in [5, 5.41) is 0. The Morgan fingerprint density at radius 1 is 1.25 bits per heavy atom. The summed E-state index contributed by atoms with van der Waals surface area (Å²) < 4.78 is 37.4. The highest BCUT2D eigenvalue weighted by molar-refractivity contribution is 5.29. The third kappa shape index (κ3) is 2.75. The molecule has 0 aliphatic heterocycles. The molecule has 16 heavy (non-hydrogen) atoms. The first-order valence-electron chi connectivity index (χ1n) is 4.90. The van der Waals surface area contributed by atoms with Crippen molar-refractivity contribution >= 4 is 0 Å². The van der Waals surface area contributed by atoms with E-state index in [0.717, 1.165) is 12.1 Å². The first kappa shape index (κ1) is 12.6. The lowest BCUT2D eigenvalue weighted by atomic mass is 9.95. The van der Waals surface area contributed by atoms with Crippen LogP contribution in [-0.2, 0) is 6.18 Å². The van der Waals surface area contributed by atoms with E-state index >= 15 is 0 Å². The zero-order valence-electron chi connectivity index (χ0n) is 9.05. The fourth-order valence-electron chi connectivity index (χ4n) is 1.51. The molecule has 0 aliphatic carbocycles. The van der Waals surface area contributed by atoms with E-state index in [1.54, 1.807) is 6.07 Å². The van der Waals surface area contributed by atoms with E-state index in [1.807, 2.05) is 13.8 Å². The highest BCUT2D eigenvalue weighted by atomic mass is 19.4. The molecule has 0 spiro atoms. The zero-order chi connectivity index (χ0) is 12.3. The molecule has 0 aliphatic rings. The highest BCUT2D eigenvalue weighted by Gasteiger charge is 2.32. The van der Waals surface area contributed by atoms with Gasteiger partial charge < -0.3 is 4.85 Å². The molecule has 0 radical (unpaired) electrons. The van der Waals surface area contributed by atoms with Gasteiger partial charge in [0.05, 0.1) is 5.56 Å². The van der Waals surface area contributed by atoms with Gasteiger partial charge in [0.1, 0.15) is 0 Å². The number of hydrogen-bond donors (Lipinski definition) is 0. The lowest BCUT2D eigenvalue weighted by Crippen LogP contribution is -2.08. The second-order valence-corrected chi connectivity index (χ2v) is 3.94. The Bertz CT molecular complexity index is 401. The normalized spacial score (nSPS) is 13.6. The van der Waals surface area contributed by atoms with Gasteiger partial charge in [0.15, 0.2) is 0 Å². The number of halogens is 3. The van der Waals surface area contributed by atoms with Gasteiger partial charge in [-0.3, -0.25) is 0 Å². The van der Waals surface area contributed by atoms with Crippen molar-refractivity contribution in [2.75, 3.05) is 0 Å². The van der Waals surface area contributed by atoms with Crippen LogP contribution < -0.4 is 0 Å². The molecule has 1 aromatic rings. The van der Waals surface area contributed by atoms with Crippen molar-refractivity contribution < 1.29 is 13.2 Å². The van der Waals surface area contributed by atoms with E-state index in [2.05, 4.69) is 4.85 Å². The van der Waals surface area contributed by atoms with Gasteiger partial charge in [-0.1, -0.05) is 26.0 Å². The van der Waals surface area contributed by atoms with E-state index in [0.29, 0.717) is 5.56 Å². The first-order valence-corrected chi connectivity index (χ1v) is 4.90. The van der Waals surface area contributed by atoms with Crippen LogP contribution >= 0.6 is 0 Å². The number of benzene rings is 1. The minimum Gasteiger partial charge on any atom is -0.308 e. The van der Waals surface area contributed by atoms with Crippen LogP contribution in [0.2, 0.25) is 0 Å². The van der Waals surface area contributed by atoms with Crippen LogP contribution in [0.4, 0.5) is 13.2 Å². The lowest BCUT2D eigenvalue weighted by Gasteiger charge is -2.12. The Morgan fingerprint density at radius 3 is 2.31 bits per heavy atom. The molecule has 0 saturated heterocycles. The molecule has 4 heteroatoms. The van der Waals surface area contributed by atoms with Crippen LogP contribution in [0.3, 0.4) is 0 Å². The van der Waals surface area contributed by atoms with E-state index in [-0.39, 0.29) is 5.92 Å². The molecule has 0 aromatic heterocycles. The Hall–Kier alpha value is -1.50. The van der Waals surface area contributed by atoms with Crippen LogP contribution in [0.15, 0.2) is 24.3 Å². The van der Waals surface area contributed by atoms with E-state index in [4.69, 9.17) is 6.57 Å². The second-order valence-electron chi connectivity index (χ2n) is 3.94. The van der Waals surface area contributed by atoms with Crippen molar-refractivity contribution in [3.63, 3.8) is 0 Å². The molecule has 0 N–H and O–H groups in total. The van der Waals surface area contributed by atoms with Crippen LogP contribution in [0, 0.1) is 12.5 Å². The van der Waals surface area contributed by atoms with Crippen molar-refractivity contribution in [3.05, 3.63) is 46.8 Å². The van der Waals surface area contributed by atoms with E-state index < -0.39 is 17.8 Å². The standard InChI is InChI=1S/C12H12F3N/c1-8(2)11(16-3)9-5-4-6-10(7-9)12(13,14)15/h4-8,11H,1-2H3. The summed E-state index contributed by atoms with van der Waals surface area (Å²) in [4.78, 5) is 3.36. The first-order chi connectivity index (χ1) is 7.36. The number of rotatable bonds is 2. The van der Waals surface area contributed by atoms with Gasteiger partial charge in [-0.15, -0.1) is 0 Å². The summed E-state index contributed by atoms with van der Waals surface area (Å²) in [6.07, 6.45) is -4.35. The maximum absolute atomic E-state index is 12.5. The van der Waals surface area contributed by atoms with Gasteiger partial charge in [-0.2, -0.15) is 13.2 Å². The molecule has 0 fully saturated rings. The number of alkyl halides is 3. The summed E-state index contributed by atoms with van der Waals surface area (Å²) in [6, 6.07) is 4.48. The molecule has 0 saturated carbocycles. The Labute approximate surface area is 92.7 Å². The van der Waals surface area contributed by atoms with Gasteiger partial charge in [0.25, 0.3) is 6.04 Å². The molecule has 1 nitrogen and oxygen atoms in total. The Morgan fingerprint density at radius 2 is 1.88 bits per heavy atom. The quantitative estimate of drug-likeness (QED) is 0.662. The topological polar surface area (TPSA) is 4.36 Å². The minimum atomic E-state index is -4.35. The van der Waals surface area contributed by atoms with Gasteiger partial charge in [0.2, 0.25) is 0 Å². The highest BCUT2D eigenvalue weighted by Crippen LogP contribution is 2.33. The molecule has 1 unspecified atom stereocenters. The van der Waals surface area contributed by atoms with Crippen molar-refractivity contribution in [2.45, 2.75) is 26.1 Å². The zero-order valence-corrected chi connectivity index (χ0v) is 9.05. The molecule has 1 atom stereocenters. The average Bonchev–Trinajstić information content (AvgIpc) is 2.17. The SMILES string of the molecule is [C-]#[N+]C(c1cccc(C(F)(F)F)c1)C(C)C. The van der Waals surface area contributed by atoms with Gasteiger partial charge in [-0.25, -0.2) is 6.57 Å². The largest absolute Gasteiger partial charge is 0.416 e. The summed E-state index contributed by atoms with van der Waals surface area (Å²) in [7, 11) is 0. The minimum absolute atomic E-state index is 0.000911. The van der Waals surface area contributed by atoms with E-state index in [1.165, 1.54) is 6.07 Å². The molecule has 0 bridgehead atoms. The van der Waals surface area contributed by atoms with Crippen LogP contribution in [0.1, 0.15) is 31.0 Å². The van der Waals surface area contributed by atoms with Crippen molar-refractivity contribution in [2.24, 2.45) is 5.92 Å². The maximum Gasteiger partial charge on any atom is 0.416 e. The molecular formula is C12H12F3N. The van der Waals surface area contributed by atoms with E-state index in [9.17, 15) is 13.2 Å². The van der Waals surface area contributed by atoms with Crippen molar-refractivity contribution in [1.82, 2.24) is 0 Å². The predicted octanol–water partition coefficient (Wildman–Crippen LogP) is 4.32. The van der Waals surface area contributed by atoms with Gasteiger partial charge in [0, 0.05) is 11.5 Å². The average molecular weight is 227 g/mol. The van der Waals surface area contributed by atoms with Crippen LogP contribution in [0.25, 0.3) is 4.85 Å². The van der Waals surface area contributed by atoms with Crippen LogP contribution in [-0.4, -0.2) is 0 Å². The monoisotopic (exact) mass is 227 g/mol. The molecule has 0 heterocycles. The Balaban J connectivity index is 3.13. The predicted molar refractivity (Wildman–Crippen MR) is 55.6 cm³/mol. The third-order valence-electron chi connectivity index (χ3n) is 2.33. The second kappa shape index (κ2) is 4.56. The molecule has 86 valence electrons. The maximum atomic E-state index is 12.5. The third-order valence-corrected chi connectivity index (χ3v) is 2.33. The van der Waals surface area contributed by atoms with Crippen LogP contribution in [0.5, 0.6) is 0 Å². The summed E-state index contributed by atoms with van der Waals surface area (Å²) in [5.74, 6) is 0.000911.